The standard InChI is InChI=1S/C8H12ClN3OS/c9-3-1-7-11-12-8(13-7)10-6-2-4-14-5-6/h6H,1-5H2,(H,10,12). The number of halogens is 1. The summed E-state index contributed by atoms with van der Waals surface area (Å²) in [5.41, 5.74) is 0. The van der Waals surface area contributed by atoms with Gasteiger partial charge in [-0.1, -0.05) is 5.10 Å². The minimum atomic E-state index is 0.476. The molecule has 1 aliphatic rings. The fraction of sp³-hybridized carbons (Fsp3) is 0.750. The molecule has 6 heteroatoms. The SMILES string of the molecule is ClCCc1nnc(NC2CCSC2)o1. The van der Waals surface area contributed by atoms with Crippen molar-refractivity contribution in [2.75, 3.05) is 22.7 Å². The van der Waals surface area contributed by atoms with Crippen molar-refractivity contribution in [3.63, 3.8) is 0 Å². The van der Waals surface area contributed by atoms with Crippen molar-refractivity contribution >= 4 is 29.4 Å². The Balaban J connectivity index is 1.88. The van der Waals surface area contributed by atoms with Crippen molar-refractivity contribution < 1.29 is 4.42 Å². The molecule has 0 amide bonds. The molecule has 1 unspecified atom stereocenters. The summed E-state index contributed by atoms with van der Waals surface area (Å²) in [4.78, 5) is 0. The Morgan fingerprint density at radius 1 is 1.57 bits per heavy atom. The second kappa shape index (κ2) is 4.89. The van der Waals surface area contributed by atoms with E-state index >= 15 is 0 Å². The Labute approximate surface area is 91.8 Å². The van der Waals surface area contributed by atoms with Crippen LogP contribution in [0, 0.1) is 0 Å². The molecule has 0 radical (unpaired) electrons. The summed E-state index contributed by atoms with van der Waals surface area (Å²) >= 11 is 7.51. The maximum Gasteiger partial charge on any atom is 0.315 e. The lowest BCUT2D eigenvalue weighted by atomic mass is 10.3. The largest absolute Gasteiger partial charge is 0.408 e. The number of aromatic nitrogens is 2. The van der Waals surface area contributed by atoms with Gasteiger partial charge in [0.05, 0.1) is 0 Å². The summed E-state index contributed by atoms with van der Waals surface area (Å²) in [6.07, 6.45) is 1.80. The third-order valence-corrected chi connectivity index (χ3v) is 3.38. The van der Waals surface area contributed by atoms with Crippen molar-refractivity contribution in [1.29, 1.82) is 0 Å². The van der Waals surface area contributed by atoms with Gasteiger partial charge in [-0.25, -0.2) is 0 Å². The molecule has 0 saturated carbocycles. The molecule has 14 heavy (non-hydrogen) atoms. The highest BCUT2D eigenvalue weighted by Gasteiger charge is 2.17. The number of thioether (sulfide) groups is 1. The van der Waals surface area contributed by atoms with Crippen LogP contribution < -0.4 is 5.32 Å². The molecular formula is C8H12ClN3OS. The van der Waals surface area contributed by atoms with E-state index in [9.17, 15) is 0 Å². The summed E-state index contributed by atoms with van der Waals surface area (Å²) in [7, 11) is 0. The third-order valence-electron chi connectivity index (χ3n) is 2.03. The number of aryl methyl sites for hydroxylation is 1. The molecule has 1 fully saturated rings. The first-order chi connectivity index (χ1) is 6.88. The Hall–Kier alpha value is -0.420. The molecule has 4 nitrogen and oxygen atoms in total. The number of nitrogens with zero attached hydrogens (tertiary/aromatic N) is 2. The van der Waals surface area contributed by atoms with Gasteiger partial charge in [-0.15, -0.1) is 16.7 Å². The van der Waals surface area contributed by atoms with Crippen molar-refractivity contribution in [2.45, 2.75) is 18.9 Å². The summed E-state index contributed by atoms with van der Waals surface area (Å²) in [6.45, 7) is 0. The number of hydrogen-bond acceptors (Lipinski definition) is 5. The van der Waals surface area contributed by atoms with Crippen LogP contribution in [0.4, 0.5) is 6.01 Å². The van der Waals surface area contributed by atoms with Gasteiger partial charge < -0.3 is 9.73 Å². The molecule has 2 heterocycles. The van der Waals surface area contributed by atoms with Gasteiger partial charge in [0.1, 0.15) is 0 Å². The van der Waals surface area contributed by atoms with Crippen molar-refractivity contribution in [2.24, 2.45) is 0 Å². The molecule has 0 bridgehead atoms. The van der Waals surface area contributed by atoms with E-state index in [0.29, 0.717) is 30.2 Å². The van der Waals surface area contributed by atoms with Gasteiger partial charge in [0.2, 0.25) is 5.89 Å². The lowest BCUT2D eigenvalue weighted by molar-refractivity contribution is 0.507. The molecule has 1 aliphatic heterocycles. The van der Waals surface area contributed by atoms with Gasteiger partial charge in [-0.2, -0.15) is 11.8 Å². The number of rotatable bonds is 4. The number of anilines is 1. The van der Waals surface area contributed by atoms with Crippen LogP contribution in [0.5, 0.6) is 0 Å². The third kappa shape index (κ3) is 2.54. The van der Waals surface area contributed by atoms with Crippen molar-refractivity contribution in [1.82, 2.24) is 10.2 Å². The highest BCUT2D eigenvalue weighted by Crippen LogP contribution is 2.20. The minimum Gasteiger partial charge on any atom is -0.408 e. The molecule has 1 N–H and O–H groups in total. The minimum absolute atomic E-state index is 0.476. The number of alkyl halides is 1. The second-order valence-corrected chi connectivity index (χ2v) is 4.67. The zero-order valence-electron chi connectivity index (χ0n) is 7.70. The molecule has 0 aromatic carbocycles. The van der Waals surface area contributed by atoms with Gasteiger partial charge in [0, 0.05) is 24.1 Å². The fourth-order valence-corrected chi connectivity index (χ4v) is 2.63. The quantitative estimate of drug-likeness (QED) is 0.804. The van der Waals surface area contributed by atoms with Crippen molar-refractivity contribution in [3.8, 4) is 0 Å². The molecule has 1 atom stereocenters. The van der Waals surface area contributed by atoms with Gasteiger partial charge in [-0.3, -0.25) is 0 Å². The molecule has 1 aromatic rings. The zero-order chi connectivity index (χ0) is 9.80. The Kier molecular flexibility index (Phi) is 3.53. The van der Waals surface area contributed by atoms with Crippen LogP contribution >= 0.6 is 23.4 Å². The summed E-state index contributed by atoms with van der Waals surface area (Å²) < 4.78 is 5.36. The Morgan fingerprint density at radius 2 is 2.50 bits per heavy atom. The average molecular weight is 234 g/mol. The first-order valence-electron chi connectivity index (χ1n) is 4.61. The van der Waals surface area contributed by atoms with Gasteiger partial charge >= 0.3 is 6.01 Å². The molecule has 0 aliphatic carbocycles. The monoisotopic (exact) mass is 233 g/mol. The molecule has 78 valence electrons. The normalized spacial score (nSPS) is 21.4. The van der Waals surface area contributed by atoms with Gasteiger partial charge in [0.25, 0.3) is 0 Å². The number of nitrogens with one attached hydrogen (secondary N) is 1. The first-order valence-corrected chi connectivity index (χ1v) is 6.30. The van der Waals surface area contributed by atoms with E-state index in [1.165, 1.54) is 5.75 Å². The van der Waals surface area contributed by atoms with E-state index in [1.54, 1.807) is 0 Å². The molecule has 0 spiro atoms. The topological polar surface area (TPSA) is 51.0 Å². The average Bonchev–Trinajstić information content (AvgIpc) is 2.79. The van der Waals surface area contributed by atoms with Crippen LogP contribution in [-0.4, -0.2) is 33.6 Å². The Morgan fingerprint density at radius 3 is 3.21 bits per heavy atom. The molecule has 1 saturated heterocycles. The smallest absolute Gasteiger partial charge is 0.315 e. The van der Waals surface area contributed by atoms with Crippen LogP contribution in [0.3, 0.4) is 0 Å². The predicted octanol–water partition coefficient (Wildman–Crippen LogP) is 1.77. The fourth-order valence-electron chi connectivity index (χ4n) is 1.32. The molecular weight excluding hydrogens is 222 g/mol. The maximum absolute atomic E-state index is 5.56. The predicted molar refractivity (Wildman–Crippen MR) is 58.1 cm³/mol. The Bertz CT molecular complexity index is 288. The van der Waals surface area contributed by atoms with Crippen LogP contribution in [0.15, 0.2) is 4.42 Å². The van der Waals surface area contributed by atoms with Crippen molar-refractivity contribution in [3.05, 3.63) is 5.89 Å². The van der Waals surface area contributed by atoms with Crippen LogP contribution in [-0.2, 0) is 6.42 Å². The lowest BCUT2D eigenvalue weighted by Gasteiger charge is -2.06. The van der Waals surface area contributed by atoms with E-state index in [-0.39, 0.29) is 0 Å². The summed E-state index contributed by atoms with van der Waals surface area (Å²) in [6, 6.07) is 1.00. The van der Waals surface area contributed by atoms with E-state index in [1.807, 2.05) is 11.8 Å². The van der Waals surface area contributed by atoms with E-state index in [0.717, 1.165) is 12.2 Å². The van der Waals surface area contributed by atoms with Gasteiger partial charge in [-0.05, 0) is 12.2 Å². The number of hydrogen-bond donors (Lipinski definition) is 1. The molecule has 2 rings (SSSR count). The first kappa shape index (κ1) is 10.1. The van der Waals surface area contributed by atoms with Crippen LogP contribution in [0.1, 0.15) is 12.3 Å². The van der Waals surface area contributed by atoms with Gasteiger partial charge in [0.15, 0.2) is 0 Å². The lowest BCUT2D eigenvalue weighted by Crippen LogP contribution is -2.18. The second-order valence-electron chi connectivity index (χ2n) is 3.14. The zero-order valence-corrected chi connectivity index (χ0v) is 9.27. The van der Waals surface area contributed by atoms with E-state index < -0.39 is 0 Å². The summed E-state index contributed by atoms with van der Waals surface area (Å²) in [5, 5.41) is 11.0. The highest BCUT2D eigenvalue weighted by atomic mass is 35.5. The summed E-state index contributed by atoms with van der Waals surface area (Å²) in [5.74, 6) is 3.45. The van der Waals surface area contributed by atoms with E-state index in [4.69, 9.17) is 16.0 Å². The van der Waals surface area contributed by atoms with E-state index in [2.05, 4.69) is 15.5 Å². The van der Waals surface area contributed by atoms with Crippen LogP contribution in [0.25, 0.3) is 0 Å². The van der Waals surface area contributed by atoms with Crippen LogP contribution in [0.2, 0.25) is 0 Å². The maximum atomic E-state index is 5.56. The molecule has 1 aromatic heterocycles. The highest BCUT2D eigenvalue weighted by molar-refractivity contribution is 7.99.